The van der Waals surface area contributed by atoms with Gasteiger partial charge in [0.05, 0.1) is 5.92 Å². The first-order valence-corrected chi connectivity index (χ1v) is 5.87. The van der Waals surface area contributed by atoms with Crippen LogP contribution in [0.4, 0.5) is 4.39 Å². The van der Waals surface area contributed by atoms with Crippen LogP contribution < -0.4 is 5.32 Å². The maximum absolute atomic E-state index is 12.8. The van der Waals surface area contributed by atoms with E-state index < -0.39 is 6.17 Å². The van der Waals surface area contributed by atoms with Gasteiger partial charge in [0.1, 0.15) is 6.17 Å². The largest absolute Gasteiger partial charge is 0.342 e. The van der Waals surface area contributed by atoms with E-state index in [1.165, 1.54) is 6.42 Å². The number of carbonyl (C=O) groups excluding carboxylic acids is 1. The van der Waals surface area contributed by atoms with Gasteiger partial charge in [0.2, 0.25) is 5.91 Å². The van der Waals surface area contributed by atoms with E-state index in [0.29, 0.717) is 18.3 Å². The van der Waals surface area contributed by atoms with Gasteiger partial charge in [-0.2, -0.15) is 0 Å². The van der Waals surface area contributed by atoms with E-state index in [9.17, 15) is 9.18 Å². The van der Waals surface area contributed by atoms with Gasteiger partial charge >= 0.3 is 0 Å². The molecule has 3 rings (SSSR count). The van der Waals surface area contributed by atoms with Crippen molar-refractivity contribution >= 4 is 5.91 Å². The molecule has 1 saturated carbocycles. The van der Waals surface area contributed by atoms with Gasteiger partial charge in [-0.05, 0) is 37.8 Å². The Kier molecular flexibility index (Phi) is 2.20. The summed E-state index contributed by atoms with van der Waals surface area (Å²) in [5, 5.41) is 3.39. The number of rotatable bonds is 1. The molecule has 0 radical (unpaired) electrons. The molecular formula is C11H17FN2O. The highest BCUT2D eigenvalue weighted by Gasteiger charge is 2.47. The molecule has 2 aliphatic heterocycles. The summed E-state index contributed by atoms with van der Waals surface area (Å²) in [6.45, 7) is 3.71. The fourth-order valence-electron chi connectivity index (χ4n) is 2.94. The molecule has 0 aromatic carbocycles. The number of nitrogens with zero attached hydrogens (tertiary/aromatic N) is 1. The van der Waals surface area contributed by atoms with Crippen LogP contribution >= 0.6 is 0 Å². The number of amides is 1. The Hall–Kier alpha value is -0.640. The molecule has 84 valence electrons. The summed E-state index contributed by atoms with van der Waals surface area (Å²) in [7, 11) is 0. The second-order valence-electron chi connectivity index (χ2n) is 5.23. The summed E-state index contributed by atoms with van der Waals surface area (Å²) in [6, 6.07) is 0. The second kappa shape index (κ2) is 3.44. The van der Waals surface area contributed by atoms with Crippen molar-refractivity contribution in [2.45, 2.75) is 19.0 Å². The zero-order valence-corrected chi connectivity index (χ0v) is 8.79. The van der Waals surface area contributed by atoms with Gasteiger partial charge < -0.3 is 10.2 Å². The van der Waals surface area contributed by atoms with Crippen LogP contribution in [0.15, 0.2) is 0 Å². The molecule has 1 amide bonds. The summed E-state index contributed by atoms with van der Waals surface area (Å²) in [6.07, 6.45) is 0.848. The van der Waals surface area contributed by atoms with E-state index in [1.54, 1.807) is 0 Å². The highest BCUT2D eigenvalue weighted by atomic mass is 19.1. The number of fused-ring (bicyclic) bond motifs is 2. The Labute approximate surface area is 89.0 Å². The molecular weight excluding hydrogens is 195 g/mol. The Balaban J connectivity index is 1.64. The standard InChI is InChI=1S/C11H17FN2O/c12-10-2-9(10)11(15)14-5-7-1-8(6-14)4-13-3-7/h7-10,13H,1-6H2/t7-,8+,9-,10+/m0/s1. The fourth-order valence-corrected chi connectivity index (χ4v) is 2.94. The maximum Gasteiger partial charge on any atom is 0.228 e. The quantitative estimate of drug-likeness (QED) is 0.683. The molecule has 2 heterocycles. The van der Waals surface area contributed by atoms with E-state index in [0.717, 1.165) is 26.2 Å². The van der Waals surface area contributed by atoms with Gasteiger partial charge in [-0.1, -0.05) is 0 Å². The Morgan fingerprint density at radius 3 is 2.33 bits per heavy atom. The number of halogens is 1. The van der Waals surface area contributed by atoms with Crippen LogP contribution in [0, 0.1) is 17.8 Å². The van der Waals surface area contributed by atoms with Crippen molar-refractivity contribution in [1.82, 2.24) is 10.2 Å². The molecule has 0 aromatic rings. The zero-order valence-electron chi connectivity index (χ0n) is 8.79. The van der Waals surface area contributed by atoms with Crippen molar-refractivity contribution in [2.24, 2.45) is 17.8 Å². The number of piperidine rings is 2. The van der Waals surface area contributed by atoms with Crippen molar-refractivity contribution in [3.05, 3.63) is 0 Å². The molecule has 0 unspecified atom stereocenters. The van der Waals surface area contributed by atoms with Gasteiger partial charge in [-0.3, -0.25) is 4.79 Å². The first kappa shape index (κ1) is 9.58. The van der Waals surface area contributed by atoms with Crippen LogP contribution in [0.1, 0.15) is 12.8 Å². The Bertz CT molecular complexity index is 272. The van der Waals surface area contributed by atoms with Crippen LogP contribution in [-0.2, 0) is 4.79 Å². The molecule has 3 aliphatic rings. The number of likely N-dealkylation sites (tertiary alicyclic amines) is 1. The number of nitrogens with one attached hydrogen (secondary N) is 1. The van der Waals surface area contributed by atoms with Crippen LogP contribution in [0.5, 0.6) is 0 Å². The van der Waals surface area contributed by atoms with Gasteiger partial charge in [-0.15, -0.1) is 0 Å². The van der Waals surface area contributed by atoms with E-state index >= 15 is 0 Å². The minimum Gasteiger partial charge on any atom is -0.342 e. The number of hydrogen-bond donors (Lipinski definition) is 1. The van der Waals surface area contributed by atoms with Crippen LogP contribution in [0.2, 0.25) is 0 Å². The fraction of sp³-hybridized carbons (Fsp3) is 0.909. The third kappa shape index (κ3) is 1.75. The molecule has 1 N–H and O–H groups in total. The summed E-state index contributed by atoms with van der Waals surface area (Å²) < 4.78 is 12.8. The predicted octanol–water partition coefficient (Wildman–Crippen LogP) is 0.412. The Morgan fingerprint density at radius 1 is 1.20 bits per heavy atom. The lowest BCUT2D eigenvalue weighted by molar-refractivity contribution is -0.136. The lowest BCUT2D eigenvalue weighted by atomic mass is 9.85. The van der Waals surface area contributed by atoms with Crippen LogP contribution in [0.3, 0.4) is 0 Å². The SMILES string of the molecule is O=C([C@H]1C[C@H]1F)N1C[C@@H]2CNC[C@@H](C2)C1. The molecule has 4 atom stereocenters. The molecule has 2 bridgehead atoms. The summed E-state index contributed by atoms with van der Waals surface area (Å²) in [4.78, 5) is 13.8. The average Bonchev–Trinajstić information content (AvgIpc) is 2.94. The number of alkyl halides is 1. The third-order valence-corrected chi connectivity index (χ3v) is 3.83. The highest BCUT2D eigenvalue weighted by Crippen LogP contribution is 2.37. The second-order valence-corrected chi connectivity index (χ2v) is 5.23. The van der Waals surface area contributed by atoms with Crippen LogP contribution in [-0.4, -0.2) is 43.2 Å². The molecule has 4 heteroatoms. The van der Waals surface area contributed by atoms with E-state index in [2.05, 4.69) is 5.32 Å². The molecule has 0 aromatic heterocycles. The van der Waals surface area contributed by atoms with E-state index in [-0.39, 0.29) is 11.8 Å². The average molecular weight is 212 g/mol. The van der Waals surface area contributed by atoms with Crippen molar-refractivity contribution in [1.29, 1.82) is 0 Å². The molecule has 2 saturated heterocycles. The van der Waals surface area contributed by atoms with Gasteiger partial charge in [0, 0.05) is 13.1 Å². The zero-order chi connectivity index (χ0) is 10.4. The number of carbonyl (C=O) groups is 1. The van der Waals surface area contributed by atoms with Crippen molar-refractivity contribution in [3.8, 4) is 0 Å². The topological polar surface area (TPSA) is 32.3 Å². The first-order valence-electron chi connectivity index (χ1n) is 5.87. The van der Waals surface area contributed by atoms with Crippen LogP contribution in [0.25, 0.3) is 0 Å². The maximum atomic E-state index is 12.8. The molecule has 3 nitrogen and oxygen atoms in total. The van der Waals surface area contributed by atoms with E-state index in [4.69, 9.17) is 0 Å². The Morgan fingerprint density at radius 2 is 1.80 bits per heavy atom. The normalized spacial score (nSPS) is 43.9. The summed E-state index contributed by atoms with van der Waals surface area (Å²) >= 11 is 0. The number of hydrogen-bond acceptors (Lipinski definition) is 2. The minimum absolute atomic E-state index is 0.0686. The predicted molar refractivity (Wildman–Crippen MR) is 54.0 cm³/mol. The summed E-state index contributed by atoms with van der Waals surface area (Å²) in [5.74, 6) is 0.965. The minimum atomic E-state index is -0.850. The van der Waals surface area contributed by atoms with Crippen molar-refractivity contribution in [3.63, 3.8) is 0 Å². The molecule has 3 fully saturated rings. The first-order chi connectivity index (χ1) is 7.24. The van der Waals surface area contributed by atoms with E-state index in [1.807, 2.05) is 4.90 Å². The monoisotopic (exact) mass is 212 g/mol. The lowest BCUT2D eigenvalue weighted by Gasteiger charge is -2.41. The van der Waals surface area contributed by atoms with Crippen molar-refractivity contribution < 1.29 is 9.18 Å². The van der Waals surface area contributed by atoms with Gasteiger partial charge in [0.15, 0.2) is 0 Å². The van der Waals surface area contributed by atoms with Crippen molar-refractivity contribution in [2.75, 3.05) is 26.2 Å². The molecule has 1 aliphatic carbocycles. The molecule has 0 spiro atoms. The highest BCUT2D eigenvalue weighted by molar-refractivity contribution is 5.82. The smallest absolute Gasteiger partial charge is 0.228 e. The summed E-state index contributed by atoms with van der Waals surface area (Å²) in [5.41, 5.74) is 0. The van der Waals surface area contributed by atoms with Gasteiger partial charge in [-0.25, -0.2) is 4.39 Å². The third-order valence-electron chi connectivity index (χ3n) is 3.83. The van der Waals surface area contributed by atoms with Gasteiger partial charge in [0.25, 0.3) is 0 Å². The lowest BCUT2D eigenvalue weighted by Crippen LogP contribution is -2.53. The molecule has 15 heavy (non-hydrogen) atoms.